The van der Waals surface area contributed by atoms with Crippen molar-refractivity contribution in [1.82, 2.24) is 0 Å². The fraction of sp³-hybridized carbons (Fsp3) is 0.133. The fourth-order valence-corrected chi connectivity index (χ4v) is 2.03. The number of anilines is 1. The largest absolute Gasteiger partial charge is 0.478 e. The zero-order valence-electron chi connectivity index (χ0n) is 10.3. The minimum absolute atomic E-state index is 0.0700. The molecule has 4 heteroatoms. The van der Waals surface area contributed by atoms with E-state index in [2.05, 4.69) is 40.0 Å². The third kappa shape index (κ3) is 4.14. The van der Waals surface area contributed by atoms with Crippen LogP contribution in [-0.4, -0.2) is 6.61 Å². The Bertz CT molecular complexity index is 575. The number of halogens is 1. The van der Waals surface area contributed by atoms with Crippen molar-refractivity contribution < 1.29 is 4.74 Å². The maximum Gasteiger partial charge on any atom is 0.174 e. The van der Waals surface area contributed by atoms with E-state index in [9.17, 15) is 0 Å². The standard InChI is InChI=1S/C15H13IN2O/c16-13-5-7-14(8-6-13)18-11-12-3-1-2-4-15(12)19-10-9-17/h1-8,18H,10-11H2. The molecule has 0 saturated carbocycles. The average Bonchev–Trinajstić information content (AvgIpc) is 2.45. The first-order chi connectivity index (χ1) is 9.29. The monoisotopic (exact) mass is 364 g/mol. The highest BCUT2D eigenvalue weighted by atomic mass is 127. The van der Waals surface area contributed by atoms with Crippen LogP contribution in [0.15, 0.2) is 48.5 Å². The van der Waals surface area contributed by atoms with Crippen LogP contribution in [-0.2, 0) is 6.54 Å². The minimum atomic E-state index is 0.0700. The summed E-state index contributed by atoms with van der Waals surface area (Å²) in [4.78, 5) is 0. The lowest BCUT2D eigenvalue weighted by Crippen LogP contribution is -2.03. The molecule has 0 unspecified atom stereocenters. The molecule has 0 aliphatic rings. The molecule has 0 amide bonds. The van der Waals surface area contributed by atoms with Gasteiger partial charge in [-0.15, -0.1) is 0 Å². The number of ether oxygens (including phenoxy) is 1. The molecule has 0 aromatic heterocycles. The molecule has 0 aliphatic heterocycles. The molecule has 2 aromatic carbocycles. The Labute approximate surface area is 126 Å². The van der Waals surface area contributed by atoms with Gasteiger partial charge in [-0.2, -0.15) is 5.26 Å². The second kappa shape index (κ2) is 7.00. The normalized spacial score (nSPS) is 9.68. The van der Waals surface area contributed by atoms with Gasteiger partial charge in [-0.1, -0.05) is 18.2 Å². The summed E-state index contributed by atoms with van der Waals surface area (Å²) < 4.78 is 6.60. The first kappa shape index (κ1) is 13.7. The van der Waals surface area contributed by atoms with Gasteiger partial charge in [0.1, 0.15) is 11.8 Å². The first-order valence-electron chi connectivity index (χ1n) is 5.86. The van der Waals surface area contributed by atoms with E-state index in [1.54, 1.807) is 0 Å². The van der Waals surface area contributed by atoms with E-state index < -0.39 is 0 Å². The summed E-state index contributed by atoms with van der Waals surface area (Å²) in [5, 5.41) is 11.9. The van der Waals surface area contributed by atoms with E-state index in [4.69, 9.17) is 10.00 Å². The quantitative estimate of drug-likeness (QED) is 0.821. The van der Waals surface area contributed by atoms with Crippen LogP contribution in [0.5, 0.6) is 5.75 Å². The third-order valence-corrected chi connectivity index (χ3v) is 3.31. The number of nitrogens with one attached hydrogen (secondary N) is 1. The third-order valence-electron chi connectivity index (χ3n) is 2.59. The van der Waals surface area contributed by atoms with Gasteiger partial charge in [0, 0.05) is 21.4 Å². The van der Waals surface area contributed by atoms with Gasteiger partial charge in [0.25, 0.3) is 0 Å². The summed E-state index contributed by atoms with van der Waals surface area (Å²) in [5.74, 6) is 0.752. The zero-order valence-corrected chi connectivity index (χ0v) is 12.4. The van der Waals surface area contributed by atoms with Gasteiger partial charge in [-0.05, 0) is 52.9 Å². The molecule has 19 heavy (non-hydrogen) atoms. The zero-order chi connectivity index (χ0) is 13.5. The molecule has 0 fully saturated rings. The SMILES string of the molecule is N#CCOc1ccccc1CNc1ccc(I)cc1. The maximum atomic E-state index is 8.56. The summed E-state index contributed by atoms with van der Waals surface area (Å²) in [6.07, 6.45) is 0. The van der Waals surface area contributed by atoms with Crippen LogP contribution in [0, 0.1) is 14.9 Å². The fourth-order valence-electron chi connectivity index (χ4n) is 1.67. The molecule has 0 saturated heterocycles. The molecule has 0 heterocycles. The van der Waals surface area contributed by atoms with Crippen LogP contribution < -0.4 is 10.1 Å². The molecule has 3 nitrogen and oxygen atoms in total. The van der Waals surface area contributed by atoms with Crippen LogP contribution in [0.25, 0.3) is 0 Å². The molecule has 1 N–H and O–H groups in total. The van der Waals surface area contributed by atoms with E-state index in [1.807, 2.05) is 42.5 Å². The highest BCUT2D eigenvalue weighted by Crippen LogP contribution is 2.20. The number of hydrogen-bond donors (Lipinski definition) is 1. The summed E-state index contributed by atoms with van der Waals surface area (Å²) in [7, 11) is 0. The van der Waals surface area contributed by atoms with Crippen molar-refractivity contribution in [2.75, 3.05) is 11.9 Å². The van der Waals surface area contributed by atoms with Crippen LogP contribution in [0.3, 0.4) is 0 Å². The molecule has 0 bridgehead atoms. The van der Waals surface area contributed by atoms with Crippen molar-refractivity contribution in [3.05, 3.63) is 57.7 Å². The minimum Gasteiger partial charge on any atom is -0.478 e. The Balaban J connectivity index is 2.03. The van der Waals surface area contributed by atoms with E-state index >= 15 is 0 Å². The van der Waals surface area contributed by atoms with E-state index in [0.29, 0.717) is 6.54 Å². The molecule has 0 spiro atoms. The van der Waals surface area contributed by atoms with Crippen LogP contribution in [0.4, 0.5) is 5.69 Å². The number of hydrogen-bond acceptors (Lipinski definition) is 3. The Morgan fingerprint density at radius 1 is 1.11 bits per heavy atom. The van der Waals surface area contributed by atoms with Gasteiger partial charge in [0.05, 0.1) is 0 Å². The van der Waals surface area contributed by atoms with Gasteiger partial charge in [-0.25, -0.2) is 0 Å². The van der Waals surface area contributed by atoms with Gasteiger partial charge >= 0.3 is 0 Å². The summed E-state index contributed by atoms with van der Waals surface area (Å²) in [6.45, 7) is 0.739. The van der Waals surface area contributed by atoms with E-state index in [1.165, 1.54) is 3.57 Å². The Morgan fingerprint density at radius 2 is 1.84 bits per heavy atom. The molecule has 0 radical (unpaired) electrons. The summed E-state index contributed by atoms with van der Waals surface area (Å²) in [6, 6.07) is 17.9. The lowest BCUT2D eigenvalue weighted by Gasteiger charge is -2.11. The summed E-state index contributed by atoms with van der Waals surface area (Å²) in [5.41, 5.74) is 2.10. The van der Waals surface area contributed by atoms with Crippen molar-refractivity contribution >= 4 is 28.3 Å². The highest BCUT2D eigenvalue weighted by Gasteiger charge is 2.02. The van der Waals surface area contributed by atoms with Crippen molar-refractivity contribution in [3.8, 4) is 11.8 Å². The van der Waals surface area contributed by atoms with Crippen LogP contribution >= 0.6 is 22.6 Å². The topological polar surface area (TPSA) is 45.0 Å². The molecule has 0 aliphatic carbocycles. The van der Waals surface area contributed by atoms with Crippen LogP contribution in [0.1, 0.15) is 5.56 Å². The van der Waals surface area contributed by atoms with Crippen molar-refractivity contribution in [3.63, 3.8) is 0 Å². The Kier molecular flexibility index (Phi) is 5.04. The first-order valence-corrected chi connectivity index (χ1v) is 6.94. The number of nitrogens with zero attached hydrogens (tertiary/aromatic N) is 1. The maximum absolute atomic E-state index is 8.56. The Morgan fingerprint density at radius 3 is 2.58 bits per heavy atom. The van der Waals surface area contributed by atoms with Gasteiger partial charge in [0.15, 0.2) is 6.61 Å². The molecule has 2 aromatic rings. The van der Waals surface area contributed by atoms with Crippen LogP contribution in [0.2, 0.25) is 0 Å². The van der Waals surface area contributed by atoms with Crippen molar-refractivity contribution in [1.29, 1.82) is 5.26 Å². The van der Waals surface area contributed by atoms with E-state index in [0.717, 1.165) is 17.0 Å². The van der Waals surface area contributed by atoms with Gasteiger partial charge in [0.2, 0.25) is 0 Å². The van der Waals surface area contributed by atoms with Crippen molar-refractivity contribution in [2.24, 2.45) is 0 Å². The number of nitriles is 1. The predicted octanol–water partition coefficient (Wildman–Crippen LogP) is 3.81. The molecule has 0 atom stereocenters. The predicted molar refractivity (Wildman–Crippen MR) is 84.0 cm³/mol. The lowest BCUT2D eigenvalue weighted by atomic mass is 10.2. The lowest BCUT2D eigenvalue weighted by molar-refractivity contribution is 0.364. The number of para-hydroxylation sites is 1. The molecular formula is C15H13IN2O. The Hall–Kier alpha value is -1.74. The highest BCUT2D eigenvalue weighted by molar-refractivity contribution is 14.1. The number of benzene rings is 2. The smallest absolute Gasteiger partial charge is 0.174 e. The molecular weight excluding hydrogens is 351 g/mol. The second-order valence-electron chi connectivity index (χ2n) is 3.91. The van der Waals surface area contributed by atoms with Gasteiger partial charge < -0.3 is 10.1 Å². The second-order valence-corrected chi connectivity index (χ2v) is 5.16. The molecule has 2 rings (SSSR count). The number of rotatable bonds is 5. The van der Waals surface area contributed by atoms with E-state index in [-0.39, 0.29) is 6.61 Å². The summed E-state index contributed by atoms with van der Waals surface area (Å²) >= 11 is 2.28. The van der Waals surface area contributed by atoms with Gasteiger partial charge in [-0.3, -0.25) is 0 Å². The van der Waals surface area contributed by atoms with Crippen molar-refractivity contribution in [2.45, 2.75) is 6.54 Å². The molecule has 96 valence electrons. The average molecular weight is 364 g/mol.